The van der Waals surface area contributed by atoms with Gasteiger partial charge in [-0.15, -0.1) is 0 Å². The highest BCUT2D eigenvalue weighted by Gasteiger charge is 2.18. The van der Waals surface area contributed by atoms with Crippen molar-refractivity contribution in [1.29, 1.82) is 0 Å². The van der Waals surface area contributed by atoms with Gasteiger partial charge in [0.1, 0.15) is 12.2 Å². The molecule has 0 bridgehead atoms. The highest BCUT2D eigenvalue weighted by Crippen LogP contribution is 2.16. The molecule has 1 aromatic carbocycles. The predicted molar refractivity (Wildman–Crippen MR) is 82.3 cm³/mol. The lowest BCUT2D eigenvalue weighted by atomic mass is 10.2. The van der Waals surface area contributed by atoms with E-state index in [1.807, 2.05) is 24.3 Å². The Morgan fingerprint density at radius 3 is 2.81 bits per heavy atom. The normalized spacial score (nSPS) is 11.2. The van der Waals surface area contributed by atoms with E-state index in [1.165, 1.54) is 12.4 Å². The van der Waals surface area contributed by atoms with E-state index in [0.29, 0.717) is 12.4 Å². The Balaban J connectivity index is 1.96. The maximum atomic E-state index is 11.8. The number of nitrogens with zero attached hydrogens (tertiary/aromatic N) is 2. The third kappa shape index (κ3) is 4.90. The van der Waals surface area contributed by atoms with Gasteiger partial charge < -0.3 is 9.47 Å². The van der Waals surface area contributed by atoms with Crippen LogP contribution in [0.5, 0.6) is 5.75 Å². The number of ether oxygens (including phenoxy) is 2. The third-order valence-electron chi connectivity index (χ3n) is 2.43. The molecule has 6 heteroatoms. The molecule has 0 radical (unpaired) electrons. The van der Waals surface area contributed by atoms with E-state index in [2.05, 4.69) is 21.0 Å². The van der Waals surface area contributed by atoms with Crippen LogP contribution >= 0.6 is 15.9 Å². The molecule has 112 valence electrons. The molecule has 0 saturated heterocycles. The summed E-state index contributed by atoms with van der Waals surface area (Å²) < 4.78 is 12.9. The van der Waals surface area contributed by atoms with Gasteiger partial charge >= 0.3 is 6.09 Å². The zero-order valence-corrected chi connectivity index (χ0v) is 13.8. The number of aromatic nitrogens is 2. The molecule has 5 nitrogen and oxygen atoms in total. The van der Waals surface area contributed by atoms with Gasteiger partial charge in [0.25, 0.3) is 0 Å². The molecule has 0 unspecified atom stereocenters. The summed E-state index contributed by atoms with van der Waals surface area (Å²) >= 11 is 3.41. The molecule has 0 saturated carbocycles. The Morgan fingerprint density at radius 1 is 1.38 bits per heavy atom. The molecule has 0 aliphatic heterocycles. The first kappa shape index (κ1) is 15.6. The first-order chi connectivity index (χ1) is 9.83. The van der Waals surface area contributed by atoms with Gasteiger partial charge in [-0.05, 0) is 38.5 Å². The molecule has 0 aliphatic rings. The maximum Gasteiger partial charge on any atom is 0.435 e. The van der Waals surface area contributed by atoms with Crippen LogP contribution in [0, 0.1) is 0 Å². The second-order valence-corrected chi connectivity index (χ2v) is 6.44. The van der Waals surface area contributed by atoms with Crippen LogP contribution in [0.3, 0.4) is 0 Å². The van der Waals surface area contributed by atoms with Crippen molar-refractivity contribution < 1.29 is 14.3 Å². The minimum atomic E-state index is -0.555. The molecule has 0 atom stereocenters. The Labute approximate surface area is 132 Å². The lowest BCUT2D eigenvalue weighted by Crippen LogP contribution is -2.27. The molecule has 2 rings (SSSR count). The number of hydrogen-bond acceptors (Lipinski definition) is 4. The second-order valence-electron chi connectivity index (χ2n) is 5.52. The summed E-state index contributed by atoms with van der Waals surface area (Å²) in [6.45, 7) is 5.82. The van der Waals surface area contributed by atoms with Gasteiger partial charge in [-0.3, -0.25) is 0 Å². The summed E-state index contributed by atoms with van der Waals surface area (Å²) in [5.74, 6) is 0.515. The lowest BCUT2D eigenvalue weighted by Gasteiger charge is -2.18. The SMILES string of the molecule is CC(C)(C)OC(=O)n1cc(OCc2cccc(Br)c2)cn1. The summed E-state index contributed by atoms with van der Waals surface area (Å²) in [6.07, 6.45) is 2.47. The van der Waals surface area contributed by atoms with Crippen molar-refractivity contribution in [3.8, 4) is 5.75 Å². The minimum Gasteiger partial charge on any atom is -0.486 e. The maximum absolute atomic E-state index is 11.8. The van der Waals surface area contributed by atoms with E-state index in [0.717, 1.165) is 14.7 Å². The Morgan fingerprint density at radius 2 is 2.14 bits per heavy atom. The standard InChI is InChI=1S/C15H17BrN2O3/c1-15(2,3)21-14(19)18-9-13(8-17-18)20-10-11-5-4-6-12(16)7-11/h4-9H,10H2,1-3H3. The highest BCUT2D eigenvalue weighted by molar-refractivity contribution is 9.10. The van der Waals surface area contributed by atoms with E-state index in [4.69, 9.17) is 9.47 Å². The van der Waals surface area contributed by atoms with E-state index in [1.54, 1.807) is 20.8 Å². The molecule has 0 amide bonds. The zero-order valence-electron chi connectivity index (χ0n) is 12.2. The highest BCUT2D eigenvalue weighted by atomic mass is 79.9. The number of hydrogen-bond donors (Lipinski definition) is 0. The Kier molecular flexibility index (Phi) is 4.67. The first-order valence-electron chi connectivity index (χ1n) is 6.49. The van der Waals surface area contributed by atoms with Gasteiger partial charge in [0.05, 0.1) is 12.4 Å². The van der Waals surface area contributed by atoms with Crippen molar-refractivity contribution in [2.75, 3.05) is 0 Å². The average molecular weight is 353 g/mol. The lowest BCUT2D eigenvalue weighted by molar-refractivity contribution is 0.0514. The fourth-order valence-electron chi connectivity index (χ4n) is 1.58. The van der Waals surface area contributed by atoms with Crippen LogP contribution in [-0.4, -0.2) is 21.5 Å². The zero-order chi connectivity index (χ0) is 15.5. The summed E-state index contributed by atoms with van der Waals surface area (Å²) in [5, 5.41) is 3.94. The Hall–Kier alpha value is -1.82. The molecule has 0 aliphatic carbocycles. The van der Waals surface area contributed by atoms with Gasteiger partial charge in [-0.25, -0.2) is 4.79 Å². The fraction of sp³-hybridized carbons (Fsp3) is 0.333. The van der Waals surface area contributed by atoms with Crippen LogP contribution < -0.4 is 4.74 Å². The molecule has 2 aromatic rings. The third-order valence-corrected chi connectivity index (χ3v) is 2.93. The van der Waals surface area contributed by atoms with Gasteiger partial charge in [0.15, 0.2) is 5.75 Å². The molecule has 1 heterocycles. The van der Waals surface area contributed by atoms with Crippen molar-refractivity contribution in [3.05, 3.63) is 46.7 Å². The Bertz CT molecular complexity index is 632. The van der Waals surface area contributed by atoms with Crippen LogP contribution in [0.15, 0.2) is 41.1 Å². The number of rotatable bonds is 3. The quantitative estimate of drug-likeness (QED) is 0.837. The van der Waals surface area contributed by atoms with Crippen molar-refractivity contribution in [2.24, 2.45) is 0 Å². The number of halogens is 1. The molecule has 0 spiro atoms. The summed E-state index contributed by atoms with van der Waals surface area (Å²) in [7, 11) is 0. The van der Waals surface area contributed by atoms with E-state index < -0.39 is 11.7 Å². The predicted octanol–water partition coefficient (Wildman–Crippen LogP) is 4.01. The number of carbonyl (C=O) groups excluding carboxylic acids is 1. The van der Waals surface area contributed by atoms with Gasteiger partial charge in [-0.1, -0.05) is 28.1 Å². The van der Waals surface area contributed by atoms with Crippen molar-refractivity contribution in [3.63, 3.8) is 0 Å². The first-order valence-corrected chi connectivity index (χ1v) is 7.28. The summed E-state index contributed by atoms with van der Waals surface area (Å²) in [6, 6.07) is 7.82. The van der Waals surface area contributed by atoms with Crippen molar-refractivity contribution >= 4 is 22.0 Å². The number of benzene rings is 1. The molecule has 1 aromatic heterocycles. The molecule has 0 N–H and O–H groups in total. The van der Waals surface area contributed by atoms with Crippen molar-refractivity contribution in [2.45, 2.75) is 33.0 Å². The van der Waals surface area contributed by atoms with Crippen LogP contribution in [0.4, 0.5) is 4.79 Å². The van der Waals surface area contributed by atoms with Gasteiger partial charge in [0, 0.05) is 4.47 Å². The molecule has 21 heavy (non-hydrogen) atoms. The smallest absolute Gasteiger partial charge is 0.435 e. The largest absolute Gasteiger partial charge is 0.486 e. The molecular formula is C15H17BrN2O3. The summed E-state index contributed by atoms with van der Waals surface area (Å²) in [5.41, 5.74) is 0.467. The van der Waals surface area contributed by atoms with Gasteiger partial charge in [-0.2, -0.15) is 9.78 Å². The topological polar surface area (TPSA) is 53.4 Å². The second kappa shape index (κ2) is 6.30. The van der Waals surface area contributed by atoms with Crippen LogP contribution in [0.1, 0.15) is 26.3 Å². The van der Waals surface area contributed by atoms with Gasteiger partial charge in [0.2, 0.25) is 0 Å². The van der Waals surface area contributed by atoms with E-state index >= 15 is 0 Å². The van der Waals surface area contributed by atoms with E-state index in [-0.39, 0.29) is 0 Å². The average Bonchev–Trinajstić information content (AvgIpc) is 2.83. The van der Waals surface area contributed by atoms with Crippen LogP contribution in [0.25, 0.3) is 0 Å². The summed E-state index contributed by atoms with van der Waals surface area (Å²) in [4.78, 5) is 11.8. The van der Waals surface area contributed by atoms with E-state index in [9.17, 15) is 4.79 Å². The van der Waals surface area contributed by atoms with Crippen LogP contribution in [-0.2, 0) is 11.3 Å². The van der Waals surface area contributed by atoms with Crippen LogP contribution in [0.2, 0.25) is 0 Å². The minimum absolute atomic E-state index is 0.402. The fourth-order valence-corrected chi connectivity index (χ4v) is 2.03. The van der Waals surface area contributed by atoms with Crippen molar-refractivity contribution in [1.82, 2.24) is 9.78 Å². The number of carbonyl (C=O) groups is 1. The molecular weight excluding hydrogens is 336 g/mol. The molecule has 0 fully saturated rings. The monoisotopic (exact) mass is 352 g/mol.